The van der Waals surface area contributed by atoms with Crippen LogP contribution >= 0.6 is 0 Å². The molecule has 1 fully saturated rings. The molecule has 0 radical (unpaired) electrons. The second kappa shape index (κ2) is 6.36. The maximum atomic E-state index is 11.9. The standard InChI is InChI=1S/C15H21N3O/c1-3-6-17-15(19)13-8-14(10-16-9-13)18-7-4-5-12(2)11-18/h3,8-10,12H,1,4-7,11H2,2H3,(H,17,19). The lowest BCUT2D eigenvalue weighted by Crippen LogP contribution is -2.34. The van der Waals surface area contributed by atoms with Crippen molar-refractivity contribution in [2.24, 2.45) is 5.92 Å². The molecule has 0 bridgehead atoms. The molecule has 1 aromatic rings. The number of anilines is 1. The number of hydrogen-bond donors (Lipinski definition) is 1. The van der Waals surface area contributed by atoms with Gasteiger partial charge in [-0.15, -0.1) is 6.58 Å². The molecule has 19 heavy (non-hydrogen) atoms. The number of amides is 1. The van der Waals surface area contributed by atoms with Gasteiger partial charge >= 0.3 is 0 Å². The summed E-state index contributed by atoms with van der Waals surface area (Å²) in [6.07, 6.45) is 7.59. The lowest BCUT2D eigenvalue weighted by Gasteiger charge is -2.32. The molecule has 102 valence electrons. The topological polar surface area (TPSA) is 45.2 Å². The number of carbonyl (C=O) groups is 1. The highest BCUT2D eigenvalue weighted by molar-refractivity contribution is 5.94. The van der Waals surface area contributed by atoms with Crippen molar-refractivity contribution >= 4 is 11.6 Å². The second-order valence-electron chi connectivity index (χ2n) is 5.12. The third-order valence-electron chi connectivity index (χ3n) is 3.42. The van der Waals surface area contributed by atoms with E-state index in [9.17, 15) is 4.79 Å². The first-order valence-electron chi connectivity index (χ1n) is 6.80. The summed E-state index contributed by atoms with van der Waals surface area (Å²) >= 11 is 0. The van der Waals surface area contributed by atoms with Crippen LogP contribution in [-0.4, -0.2) is 30.5 Å². The summed E-state index contributed by atoms with van der Waals surface area (Å²) in [6.45, 7) is 8.41. The number of carbonyl (C=O) groups excluding carboxylic acids is 1. The summed E-state index contributed by atoms with van der Waals surface area (Å²) in [5.74, 6) is 0.603. The number of rotatable bonds is 4. The fourth-order valence-electron chi connectivity index (χ4n) is 2.42. The highest BCUT2D eigenvalue weighted by Gasteiger charge is 2.17. The van der Waals surface area contributed by atoms with Crippen LogP contribution in [0.15, 0.2) is 31.1 Å². The van der Waals surface area contributed by atoms with Crippen LogP contribution in [0.5, 0.6) is 0 Å². The van der Waals surface area contributed by atoms with E-state index in [0.29, 0.717) is 18.0 Å². The van der Waals surface area contributed by atoms with Gasteiger partial charge in [0.25, 0.3) is 5.91 Å². The van der Waals surface area contributed by atoms with Crippen molar-refractivity contribution in [3.05, 3.63) is 36.7 Å². The van der Waals surface area contributed by atoms with Crippen molar-refractivity contribution in [1.82, 2.24) is 10.3 Å². The molecule has 0 saturated carbocycles. The van der Waals surface area contributed by atoms with Crippen LogP contribution in [-0.2, 0) is 0 Å². The third-order valence-corrected chi connectivity index (χ3v) is 3.42. The predicted octanol–water partition coefficient (Wildman–Crippen LogP) is 2.23. The van der Waals surface area contributed by atoms with Crippen LogP contribution in [0.1, 0.15) is 30.1 Å². The zero-order valence-corrected chi connectivity index (χ0v) is 11.4. The zero-order chi connectivity index (χ0) is 13.7. The van der Waals surface area contributed by atoms with Crippen molar-refractivity contribution in [1.29, 1.82) is 0 Å². The quantitative estimate of drug-likeness (QED) is 0.843. The summed E-state index contributed by atoms with van der Waals surface area (Å²) in [7, 11) is 0. The lowest BCUT2D eigenvalue weighted by atomic mass is 10.00. The highest BCUT2D eigenvalue weighted by atomic mass is 16.1. The average molecular weight is 259 g/mol. The number of nitrogens with one attached hydrogen (secondary N) is 1. The van der Waals surface area contributed by atoms with Gasteiger partial charge in [-0.05, 0) is 24.8 Å². The molecule has 1 atom stereocenters. The average Bonchev–Trinajstić information content (AvgIpc) is 2.45. The molecule has 1 amide bonds. The summed E-state index contributed by atoms with van der Waals surface area (Å²) in [5, 5.41) is 2.77. The molecule has 1 aliphatic rings. The molecule has 1 aliphatic heterocycles. The normalized spacial score (nSPS) is 19.0. The first-order valence-corrected chi connectivity index (χ1v) is 6.80. The first-order chi connectivity index (χ1) is 9.20. The summed E-state index contributed by atoms with van der Waals surface area (Å²) in [6, 6.07) is 1.92. The van der Waals surface area contributed by atoms with Gasteiger partial charge in [-0.1, -0.05) is 13.0 Å². The Labute approximate surface area is 114 Å². The molecular formula is C15H21N3O. The van der Waals surface area contributed by atoms with Crippen molar-refractivity contribution in [3.8, 4) is 0 Å². The fourth-order valence-corrected chi connectivity index (χ4v) is 2.42. The lowest BCUT2D eigenvalue weighted by molar-refractivity contribution is 0.0957. The molecule has 4 nitrogen and oxygen atoms in total. The van der Waals surface area contributed by atoms with Gasteiger partial charge in [-0.25, -0.2) is 0 Å². The Hall–Kier alpha value is -1.84. The first kappa shape index (κ1) is 13.6. The van der Waals surface area contributed by atoms with Gasteiger partial charge in [0.15, 0.2) is 0 Å². The molecule has 1 saturated heterocycles. The van der Waals surface area contributed by atoms with E-state index in [1.807, 2.05) is 12.3 Å². The molecule has 1 N–H and O–H groups in total. The summed E-state index contributed by atoms with van der Waals surface area (Å²) in [5.41, 5.74) is 1.65. The number of piperidine rings is 1. The number of aromatic nitrogens is 1. The molecule has 0 aromatic carbocycles. The largest absolute Gasteiger partial charge is 0.370 e. The minimum Gasteiger partial charge on any atom is -0.370 e. The van der Waals surface area contributed by atoms with Crippen molar-refractivity contribution in [2.45, 2.75) is 19.8 Å². The SMILES string of the molecule is C=CCNC(=O)c1cncc(N2CCCC(C)C2)c1. The van der Waals surface area contributed by atoms with Gasteiger partial charge in [0.1, 0.15) is 0 Å². The van der Waals surface area contributed by atoms with Crippen LogP contribution < -0.4 is 10.2 Å². The molecule has 4 heteroatoms. The molecule has 1 unspecified atom stereocenters. The van der Waals surface area contributed by atoms with E-state index in [4.69, 9.17) is 0 Å². The van der Waals surface area contributed by atoms with Crippen molar-refractivity contribution < 1.29 is 4.79 Å². The Bertz CT molecular complexity index is 458. The van der Waals surface area contributed by atoms with Gasteiger partial charge < -0.3 is 10.2 Å². The molecule has 1 aromatic heterocycles. The van der Waals surface area contributed by atoms with Gasteiger partial charge in [0.2, 0.25) is 0 Å². The van der Waals surface area contributed by atoms with Crippen LogP contribution in [0.2, 0.25) is 0 Å². The molecule has 0 aliphatic carbocycles. The predicted molar refractivity (Wildman–Crippen MR) is 77.4 cm³/mol. The van der Waals surface area contributed by atoms with Crippen molar-refractivity contribution in [2.75, 3.05) is 24.5 Å². The van der Waals surface area contributed by atoms with Gasteiger partial charge in [0, 0.05) is 25.8 Å². The molecular weight excluding hydrogens is 238 g/mol. The smallest absolute Gasteiger partial charge is 0.253 e. The molecule has 0 spiro atoms. The van der Waals surface area contributed by atoms with Gasteiger partial charge in [-0.3, -0.25) is 9.78 Å². The van der Waals surface area contributed by atoms with Gasteiger partial charge in [0.05, 0.1) is 17.4 Å². The van der Waals surface area contributed by atoms with E-state index >= 15 is 0 Å². The van der Waals surface area contributed by atoms with E-state index in [2.05, 4.69) is 28.7 Å². The Morgan fingerprint density at radius 2 is 2.47 bits per heavy atom. The van der Waals surface area contributed by atoms with Crippen molar-refractivity contribution in [3.63, 3.8) is 0 Å². The van der Waals surface area contributed by atoms with E-state index in [-0.39, 0.29) is 5.91 Å². The minimum atomic E-state index is -0.0979. The van der Waals surface area contributed by atoms with E-state index < -0.39 is 0 Å². The van der Waals surface area contributed by atoms with Crippen LogP contribution in [0.25, 0.3) is 0 Å². The van der Waals surface area contributed by atoms with Crippen LogP contribution in [0, 0.1) is 5.92 Å². The summed E-state index contributed by atoms with van der Waals surface area (Å²) in [4.78, 5) is 18.4. The Morgan fingerprint density at radius 1 is 1.63 bits per heavy atom. The zero-order valence-electron chi connectivity index (χ0n) is 11.4. The number of nitrogens with zero attached hydrogens (tertiary/aromatic N) is 2. The monoisotopic (exact) mass is 259 g/mol. The number of hydrogen-bond acceptors (Lipinski definition) is 3. The highest BCUT2D eigenvalue weighted by Crippen LogP contribution is 2.22. The fraction of sp³-hybridized carbons (Fsp3) is 0.467. The van der Waals surface area contributed by atoms with Gasteiger partial charge in [-0.2, -0.15) is 0 Å². The minimum absolute atomic E-state index is 0.0979. The second-order valence-corrected chi connectivity index (χ2v) is 5.12. The Balaban J connectivity index is 2.10. The number of pyridine rings is 1. The van der Waals surface area contributed by atoms with Crippen LogP contribution in [0.3, 0.4) is 0 Å². The third kappa shape index (κ3) is 3.56. The maximum Gasteiger partial charge on any atom is 0.253 e. The van der Waals surface area contributed by atoms with E-state index in [1.165, 1.54) is 12.8 Å². The molecule has 2 rings (SSSR count). The molecule has 2 heterocycles. The Kier molecular flexibility index (Phi) is 4.55. The maximum absolute atomic E-state index is 11.9. The Morgan fingerprint density at radius 3 is 3.21 bits per heavy atom. The van der Waals surface area contributed by atoms with Crippen LogP contribution in [0.4, 0.5) is 5.69 Å². The van der Waals surface area contributed by atoms with E-state index in [1.54, 1.807) is 12.3 Å². The summed E-state index contributed by atoms with van der Waals surface area (Å²) < 4.78 is 0. The van der Waals surface area contributed by atoms with E-state index in [0.717, 1.165) is 18.8 Å².